The molecule has 0 aromatic heterocycles. The van der Waals surface area contributed by atoms with Crippen LogP contribution >= 0.6 is 0 Å². The van der Waals surface area contributed by atoms with Crippen LogP contribution in [0.2, 0.25) is 0 Å². The minimum Gasteiger partial charge on any atom is -2.00 e. The van der Waals surface area contributed by atoms with Gasteiger partial charge in [-0.15, -0.1) is 0 Å². The Morgan fingerprint density at radius 1 is 0.579 bits per heavy atom. The minimum atomic E-state index is -3.26. The summed E-state index contributed by atoms with van der Waals surface area (Å²) in [6.07, 6.45) is 0. The van der Waals surface area contributed by atoms with E-state index in [1.54, 1.807) is 48.5 Å². The first-order chi connectivity index (χ1) is 17.2. The summed E-state index contributed by atoms with van der Waals surface area (Å²) < 4.78 is 37.2. The topological polar surface area (TPSA) is 133 Å². The number of nitrogens with zero attached hydrogens (tertiary/aromatic N) is 2. The number of aryl methyl sites for hydroxylation is 2. The second-order valence-corrected chi connectivity index (χ2v) is 12.7. The van der Waals surface area contributed by atoms with E-state index in [-0.39, 0.29) is 58.4 Å². The van der Waals surface area contributed by atoms with E-state index < -0.39 is 19.5 Å². The fourth-order valence-corrected chi connectivity index (χ4v) is 7.66. The molecule has 0 fully saturated rings. The average Bonchev–Trinajstić information content (AvgIpc) is 2.87. The van der Waals surface area contributed by atoms with E-state index in [0.29, 0.717) is 9.79 Å². The first kappa shape index (κ1) is 31.1. The molecule has 2 atom stereocenters. The second-order valence-electron chi connectivity index (χ2n) is 8.28. The van der Waals surface area contributed by atoms with Crippen molar-refractivity contribution in [3.05, 3.63) is 108 Å². The molecule has 195 valence electrons. The van der Waals surface area contributed by atoms with Crippen molar-refractivity contribution in [1.29, 1.82) is 0 Å². The van der Waals surface area contributed by atoms with E-state index in [1.807, 2.05) is 38.1 Å². The van der Waals surface area contributed by atoms with Crippen molar-refractivity contribution in [3.63, 3.8) is 0 Å². The Hall–Kier alpha value is -3.08. The third-order valence-corrected chi connectivity index (χ3v) is 10.4. The minimum absolute atomic E-state index is 0. The Labute approximate surface area is 236 Å². The maximum atomic E-state index is 14.1. The van der Waals surface area contributed by atoms with Gasteiger partial charge >= 0.3 is 18.6 Å². The molecular formula is C28H26N2O5S2V. The van der Waals surface area contributed by atoms with Crippen LogP contribution < -0.4 is 10.2 Å². The molecule has 10 heteroatoms. The molecule has 0 unspecified atom stereocenters. The van der Waals surface area contributed by atoms with Crippen LogP contribution in [0.5, 0.6) is 11.5 Å². The van der Waals surface area contributed by atoms with Gasteiger partial charge in [0.15, 0.2) is 0 Å². The van der Waals surface area contributed by atoms with Crippen molar-refractivity contribution in [2.24, 2.45) is 8.73 Å². The Morgan fingerprint density at radius 2 is 0.895 bits per heavy atom. The molecule has 0 aliphatic heterocycles. The maximum Gasteiger partial charge on any atom is 4.00 e. The Bertz CT molecular complexity index is 1500. The Morgan fingerprint density at radius 3 is 1.21 bits per heavy atom. The molecule has 4 aromatic rings. The van der Waals surface area contributed by atoms with E-state index in [1.165, 1.54) is 24.3 Å². The number of benzene rings is 4. The fraction of sp³-hybridized carbons (Fsp3) is 0.143. The van der Waals surface area contributed by atoms with Crippen LogP contribution in [0.25, 0.3) is 0 Å². The molecule has 7 nitrogen and oxygen atoms in total. The maximum absolute atomic E-state index is 14.1. The molecule has 0 amide bonds. The molecule has 0 saturated carbocycles. The molecular weight excluding hydrogens is 559 g/mol. The molecule has 0 N–H and O–H groups in total. The summed E-state index contributed by atoms with van der Waals surface area (Å²) in [4.78, 5) is 1.03. The van der Waals surface area contributed by atoms with Crippen LogP contribution in [0, 0.1) is 13.8 Å². The van der Waals surface area contributed by atoms with Crippen LogP contribution in [-0.2, 0) is 43.5 Å². The Balaban J connectivity index is 0.00000253. The number of rotatable bonds is 7. The first-order valence-electron chi connectivity index (χ1n) is 11.4. The van der Waals surface area contributed by atoms with Crippen LogP contribution in [0.3, 0.4) is 0 Å². The van der Waals surface area contributed by atoms with Gasteiger partial charge in [0.25, 0.3) is 0 Å². The van der Waals surface area contributed by atoms with Crippen molar-refractivity contribution in [2.45, 2.75) is 33.4 Å². The van der Waals surface area contributed by atoms with Crippen molar-refractivity contribution in [2.75, 3.05) is 13.1 Å². The van der Waals surface area contributed by atoms with Gasteiger partial charge in [-0.3, -0.25) is 0 Å². The Kier molecular flexibility index (Phi) is 10.8. The van der Waals surface area contributed by atoms with E-state index >= 15 is 0 Å². The normalized spacial score (nSPS) is 13.6. The average molecular weight is 586 g/mol. The van der Waals surface area contributed by atoms with Gasteiger partial charge in [0, 0.05) is 9.79 Å². The van der Waals surface area contributed by atoms with Gasteiger partial charge in [-0.1, -0.05) is 83.3 Å². The summed E-state index contributed by atoms with van der Waals surface area (Å²) >= 11 is 0. The third-order valence-electron chi connectivity index (χ3n) is 5.62. The zero-order chi connectivity index (χ0) is 25.8. The molecule has 38 heavy (non-hydrogen) atoms. The van der Waals surface area contributed by atoms with Crippen molar-refractivity contribution < 1.29 is 42.7 Å². The molecule has 1 radical (unpaired) electrons. The van der Waals surface area contributed by atoms with Gasteiger partial charge < -0.3 is 15.7 Å². The predicted molar refractivity (Wildman–Crippen MR) is 139 cm³/mol. The number of hydrogen-bond donors (Lipinski definition) is 0. The third kappa shape index (κ3) is 6.49. The quantitative estimate of drug-likeness (QED) is 0.288. The van der Waals surface area contributed by atoms with E-state index in [2.05, 4.69) is 8.73 Å². The first-order valence-corrected chi connectivity index (χ1v) is 14.4. The largest absolute Gasteiger partial charge is 4.00 e. The van der Waals surface area contributed by atoms with Gasteiger partial charge in [-0.2, -0.15) is 0 Å². The van der Waals surface area contributed by atoms with Gasteiger partial charge in [0.1, 0.15) is 19.5 Å². The van der Waals surface area contributed by atoms with Crippen molar-refractivity contribution >= 4 is 19.5 Å². The van der Waals surface area contributed by atoms with Crippen LogP contribution in [0.4, 0.5) is 0 Å². The number of para-hydroxylation sites is 2. The molecule has 0 heterocycles. The summed E-state index contributed by atoms with van der Waals surface area (Å²) in [5.41, 5.74) is 1.97. The molecule has 4 aromatic carbocycles. The molecule has 0 aliphatic rings. The van der Waals surface area contributed by atoms with Gasteiger partial charge in [0.2, 0.25) is 0 Å². The SMILES string of the molecule is Cc1ccc([S@@](=O)(=NCCN=[S@](=O)(c2ccc(C)cc2)c2ccccc2[O-])c2ccccc2[O-])cc1.[O-2].[V+4]. The van der Waals surface area contributed by atoms with E-state index in [9.17, 15) is 18.6 Å². The van der Waals surface area contributed by atoms with Crippen LogP contribution in [0.1, 0.15) is 11.1 Å². The standard InChI is InChI=1S/C28H28N2O4S2.O.V/c1-21-11-15-23(16-12-21)35(33,27-9-5-3-7-25(27)31)29-19-20-30-36(34,24-17-13-22(2)14-18-24)28-10-6-4-8-26(28)32;;/h3-18,31-32H,19-20H2,1-2H3;;/q;-2;+4/p-2/t35-,36-;;/m0../s1. The predicted octanol–water partition coefficient (Wildman–Crippen LogP) is 4.80. The zero-order valence-electron chi connectivity index (χ0n) is 20.9. The van der Waals surface area contributed by atoms with Gasteiger partial charge in [-0.05, 0) is 50.2 Å². The van der Waals surface area contributed by atoms with Crippen LogP contribution in [-0.4, -0.2) is 21.5 Å². The summed E-state index contributed by atoms with van der Waals surface area (Å²) in [6, 6.07) is 26.3. The summed E-state index contributed by atoms with van der Waals surface area (Å²) in [5, 5.41) is 25.2. The number of hydrogen-bond acceptors (Lipinski definition) is 6. The summed E-state index contributed by atoms with van der Waals surface area (Å²) in [6.45, 7) is 3.73. The van der Waals surface area contributed by atoms with Crippen molar-refractivity contribution in [1.82, 2.24) is 0 Å². The fourth-order valence-electron chi connectivity index (χ4n) is 3.68. The van der Waals surface area contributed by atoms with E-state index in [0.717, 1.165) is 11.1 Å². The summed E-state index contributed by atoms with van der Waals surface area (Å²) in [5.74, 6) is -0.736. The smallest absolute Gasteiger partial charge is 2.00 e. The van der Waals surface area contributed by atoms with Gasteiger partial charge in [0.05, 0.1) is 22.9 Å². The molecule has 0 bridgehead atoms. The van der Waals surface area contributed by atoms with Gasteiger partial charge in [-0.25, -0.2) is 17.1 Å². The monoisotopic (exact) mass is 585 g/mol. The second kappa shape index (κ2) is 13.1. The molecule has 0 saturated heterocycles. The molecule has 4 rings (SSSR count). The summed E-state index contributed by atoms with van der Waals surface area (Å²) in [7, 11) is -6.51. The van der Waals surface area contributed by atoms with Crippen molar-refractivity contribution in [3.8, 4) is 11.5 Å². The van der Waals surface area contributed by atoms with Crippen LogP contribution in [0.15, 0.2) is 125 Å². The molecule has 0 aliphatic carbocycles. The molecule has 0 spiro atoms. The van der Waals surface area contributed by atoms with E-state index in [4.69, 9.17) is 0 Å². The zero-order valence-corrected chi connectivity index (χ0v) is 23.9.